The van der Waals surface area contributed by atoms with Crippen molar-refractivity contribution in [3.63, 3.8) is 0 Å². The summed E-state index contributed by atoms with van der Waals surface area (Å²) in [5, 5.41) is 0. The fourth-order valence-electron chi connectivity index (χ4n) is 2.28. The van der Waals surface area contributed by atoms with E-state index < -0.39 is 0 Å². The topological polar surface area (TPSA) is 26.3 Å². The quantitative estimate of drug-likeness (QED) is 0.476. The monoisotopic (exact) mass is 196 g/mol. The highest BCUT2D eigenvalue weighted by atomic mass is 16.5. The molecule has 0 bridgehead atoms. The Morgan fingerprint density at radius 2 is 2.00 bits per heavy atom. The van der Waals surface area contributed by atoms with Crippen molar-refractivity contribution in [2.75, 3.05) is 7.11 Å². The molecule has 0 N–H and O–H groups in total. The fourth-order valence-corrected chi connectivity index (χ4v) is 2.28. The molecule has 1 aliphatic rings. The summed E-state index contributed by atoms with van der Waals surface area (Å²) in [5.74, 6) is -0.0771. The van der Waals surface area contributed by atoms with E-state index in [-0.39, 0.29) is 17.3 Å². The molecule has 1 saturated carbocycles. The van der Waals surface area contributed by atoms with Gasteiger partial charge in [-0.2, -0.15) is 0 Å². The number of carbonyl (C=O) groups is 1. The van der Waals surface area contributed by atoms with Gasteiger partial charge in [0, 0.05) is 0 Å². The first-order valence-corrected chi connectivity index (χ1v) is 5.11. The van der Waals surface area contributed by atoms with Gasteiger partial charge in [0.15, 0.2) is 0 Å². The number of carbonyl (C=O) groups excluding carboxylic acids is 1. The molecule has 0 spiro atoms. The molecule has 0 aliphatic heterocycles. The van der Waals surface area contributed by atoms with Crippen LogP contribution in [0.4, 0.5) is 0 Å². The second-order valence-corrected chi connectivity index (χ2v) is 5.15. The lowest BCUT2D eigenvalue weighted by Gasteiger charge is -2.15. The van der Waals surface area contributed by atoms with Gasteiger partial charge < -0.3 is 4.74 Å². The predicted octanol–water partition coefficient (Wildman–Crippen LogP) is 2.93. The molecular formula is C12H20O2. The van der Waals surface area contributed by atoms with Crippen LogP contribution in [0.1, 0.15) is 40.5 Å². The minimum Gasteiger partial charge on any atom is -0.469 e. The van der Waals surface area contributed by atoms with Gasteiger partial charge in [0.2, 0.25) is 0 Å². The predicted molar refractivity (Wildman–Crippen MR) is 56.9 cm³/mol. The van der Waals surface area contributed by atoms with E-state index in [0.29, 0.717) is 0 Å². The Kier molecular flexibility index (Phi) is 3.03. The van der Waals surface area contributed by atoms with Crippen LogP contribution in [0.3, 0.4) is 0 Å². The highest BCUT2D eigenvalue weighted by Gasteiger charge is 2.39. The zero-order valence-corrected chi connectivity index (χ0v) is 9.81. The second-order valence-electron chi connectivity index (χ2n) is 5.15. The minimum absolute atomic E-state index is 0.000000000000000444. The van der Waals surface area contributed by atoms with Gasteiger partial charge in [-0.3, -0.25) is 4.79 Å². The summed E-state index contributed by atoms with van der Waals surface area (Å²) in [5.41, 5.74) is 2.79. The maximum atomic E-state index is 11.6. The van der Waals surface area contributed by atoms with Gasteiger partial charge in [-0.15, -0.1) is 0 Å². The molecule has 2 nitrogen and oxygen atoms in total. The van der Waals surface area contributed by atoms with Gasteiger partial charge in [0.1, 0.15) is 0 Å². The van der Waals surface area contributed by atoms with E-state index in [1.807, 2.05) is 0 Å². The molecule has 0 aromatic rings. The Hall–Kier alpha value is -0.790. The van der Waals surface area contributed by atoms with Crippen molar-refractivity contribution in [2.45, 2.75) is 40.5 Å². The summed E-state index contributed by atoms with van der Waals surface area (Å²) in [6.07, 6.45) is 1.94. The van der Waals surface area contributed by atoms with Crippen LogP contribution in [0.2, 0.25) is 0 Å². The molecule has 1 fully saturated rings. The number of methoxy groups -OCH3 is 1. The van der Waals surface area contributed by atoms with Crippen LogP contribution < -0.4 is 0 Å². The molecule has 14 heavy (non-hydrogen) atoms. The molecule has 0 aromatic heterocycles. The van der Waals surface area contributed by atoms with Crippen molar-refractivity contribution in [3.8, 4) is 0 Å². The second kappa shape index (κ2) is 3.76. The van der Waals surface area contributed by atoms with E-state index in [1.165, 1.54) is 18.3 Å². The van der Waals surface area contributed by atoms with Gasteiger partial charge in [0.05, 0.1) is 13.0 Å². The Balaban J connectivity index is 2.95. The van der Waals surface area contributed by atoms with Crippen molar-refractivity contribution in [1.29, 1.82) is 0 Å². The van der Waals surface area contributed by atoms with E-state index >= 15 is 0 Å². The van der Waals surface area contributed by atoms with E-state index in [4.69, 9.17) is 4.74 Å². The lowest BCUT2D eigenvalue weighted by molar-refractivity contribution is -0.144. The molecule has 0 saturated heterocycles. The van der Waals surface area contributed by atoms with Gasteiger partial charge in [0.25, 0.3) is 0 Å². The van der Waals surface area contributed by atoms with Crippen molar-refractivity contribution in [3.05, 3.63) is 11.1 Å². The summed E-state index contributed by atoms with van der Waals surface area (Å²) in [6.45, 7) is 8.57. The molecule has 1 aliphatic carbocycles. The third kappa shape index (κ3) is 2.17. The lowest BCUT2D eigenvalue weighted by atomic mass is 9.90. The zero-order valence-electron chi connectivity index (χ0n) is 9.81. The largest absolute Gasteiger partial charge is 0.469 e. The Bertz CT molecular complexity index is 270. The van der Waals surface area contributed by atoms with Gasteiger partial charge in [-0.25, -0.2) is 0 Å². The van der Waals surface area contributed by atoms with Crippen LogP contribution in [-0.2, 0) is 9.53 Å². The first-order chi connectivity index (χ1) is 6.37. The molecule has 1 atom stereocenters. The van der Waals surface area contributed by atoms with Gasteiger partial charge >= 0.3 is 5.97 Å². The number of allylic oxidation sites excluding steroid dienone is 1. The van der Waals surface area contributed by atoms with Crippen LogP contribution in [0, 0.1) is 11.3 Å². The molecule has 1 unspecified atom stereocenters. The Morgan fingerprint density at radius 1 is 1.43 bits per heavy atom. The van der Waals surface area contributed by atoms with Crippen molar-refractivity contribution in [1.82, 2.24) is 0 Å². The zero-order chi connectivity index (χ0) is 10.9. The average Bonchev–Trinajstić information content (AvgIpc) is 2.40. The number of esters is 1. The summed E-state index contributed by atoms with van der Waals surface area (Å²) in [6, 6.07) is 0. The van der Waals surface area contributed by atoms with Crippen molar-refractivity contribution < 1.29 is 9.53 Å². The smallest absolute Gasteiger partial charge is 0.312 e. The molecule has 0 radical (unpaired) electrons. The highest BCUT2D eigenvalue weighted by Crippen LogP contribution is 2.46. The fraction of sp³-hybridized carbons (Fsp3) is 0.750. The van der Waals surface area contributed by atoms with E-state index in [2.05, 4.69) is 27.7 Å². The third-order valence-electron chi connectivity index (χ3n) is 2.97. The van der Waals surface area contributed by atoms with E-state index in [0.717, 1.165) is 12.8 Å². The van der Waals surface area contributed by atoms with Crippen LogP contribution in [-0.4, -0.2) is 13.1 Å². The van der Waals surface area contributed by atoms with E-state index in [9.17, 15) is 4.79 Å². The first kappa shape index (κ1) is 11.3. The average molecular weight is 196 g/mol. The highest BCUT2D eigenvalue weighted by molar-refractivity contribution is 5.76. The van der Waals surface area contributed by atoms with Gasteiger partial charge in [-0.05, 0) is 32.1 Å². The summed E-state index contributed by atoms with van der Waals surface area (Å²) in [4.78, 5) is 11.6. The van der Waals surface area contributed by atoms with E-state index in [1.54, 1.807) is 0 Å². The first-order valence-electron chi connectivity index (χ1n) is 5.11. The normalized spacial score (nSPS) is 24.9. The van der Waals surface area contributed by atoms with Crippen LogP contribution >= 0.6 is 0 Å². The maximum Gasteiger partial charge on any atom is 0.312 e. The molecule has 0 heterocycles. The molecule has 1 rings (SSSR count). The third-order valence-corrected chi connectivity index (χ3v) is 2.97. The standard InChI is InChI=1S/C12H20O2/c1-8(2)9-6-12(3,4)7-10(9)11(13)14-5/h10H,6-7H2,1-5H3. The SMILES string of the molecule is COC(=O)C1CC(C)(C)CC1=C(C)C. The van der Waals surface area contributed by atoms with Gasteiger partial charge in [-0.1, -0.05) is 25.0 Å². The van der Waals surface area contributed by atoms with Crippen LogP contribution in [0.25, 0.3) is 0 Å². The minimum atomic E-state index is -0.0771. The Morgan fingerprint density at radius 3 is 2.43 bits per heavy atom. The molecule has 0 aromatic carbocycles. The van der Waals surface area contributed by atoms with Crippen molar-refractivity contribution in [2.24, 2.45) is 11.3 Å². The number of hydrogen-bond acceptors (Lipinski definition) is 2. The summed E-state index contributed by atoms with van der Waals surface area (Å²) < 4.78 is 4.83. The van der Waals surface area contributed by atoms with Crippen molar-refractivity contribution >= 4 is 5.97 Å². The summed E-state index contributed by atoms with van der Waals surface area (Å²) >= 11 is 0. The number of ether oxygens (including phenoxy) is 1. The molecule has 2 heteroatoms. The maximum absolute atomic E-state index is 11.6. The molecule has 0 amide bonds. The Labute approximate surface area is 86.3 Å². The molecule has 80 valence electrons. The van der Waals surface area contributed by atoms with Crippen LogP contribution in [0.15, 0.2) is 11.1 Å². The number of rotatable bonds is 1. The summed E-state index contributed by atoms with van der Waals surface area (Å²) in [7, 11) is 1.47. The lowest BCUT2D eigenvalue weighted by Crippen LogP contribution is -2.16. The number of hydrogen-bond donors (Lipinski definition) is 0. The van der Waals surface area contributed by atoms with Crippen LogP contribution in [0.5, 0.6) is 0 Å². The molecular weight excluding hydrogens is 176 g/mol.